The third-order valence-corrected chi connectivity index (χ3v) is 5.78. The largest absolute Gasteiger partial charge is 0.480 e. The van der Waals surface area contributed by atoms with Gasteiger partial charge in [0.1, 0.15) is 0 Å². The Morgan fingerprint density at radius 3 is 2.53 bits per heavy atom. The van der Waals surface area contributed by atoms with Gasteiger partial charge < -0.3 is 15.0 Å². The van der Waals surface area contributed by atoms with Crippen LogP contribution in [-0.4, -0.2) is 58.1 Å². The van der Waals surface area contributed by atoms with Crippen LogP contribution in [-0.2, 0) is 15.0 Å². The number of hydrogen-bond donors (Lipinski definition) is 1. The first-order chi connectivity index (χ1) is 14.5. The van der Waals surface area contributed by atoms with E-state index in [0.717, 1.165) is 24.2 Å². The van der Waals surface area contributed by atoms with Gasteiger partial charge in [-0.15, -0.1) is 5.10 Å². The summed E-state index contributed by atoms with van der Waals surface area (Å²) < 4.78 is 6.98. The number of ether oxygens (including phenoxy) is 1. The summed E-state index contributed by atoms with van der Waals surface area (Å²) in [5.41, 5.74) is 2.55. The predicted molar refractivity (Wildman–Crippen MR) is 111 cm³/mol. The number of aromatic nitrogens is 3. The summed E-state index contributed by atoms with van der Waals surface area (Å²) in [5.74, 6) is 0.262. The Morgan fingerprint density at radius 2 is 1.87 bits per heavy atom. The zero-order valence-electron chi connectivity index (χ0n) is 17.2. The highest BCUT2D eigenvalue weighted by Gasteiger charge is 2.41. The van der Waals surface area contributed by atoms with Crippen LogP contribution in [0.25, 0.3) is 5.65 Å². The molecule has 1 fully saturated rings. The number of carbonyl (C=O) groups excluding carboxylic acids is 2. The van der Waals surface area contributed by atoms with Crippen molar-refractivity contribution in [2.45, 2.75) is 25.2 Å². The van der Waals surface area contributed by atoms with E-state index in [9.17, 15) is 9.59 Å². The third kappa shape index (κ3) is 3.72. The van der Waals surface area contributed by atoms with Crippen LogP contribution in [0.1, 0.15) is 31.0 Å². The van der Waals surface area contributed by atoms with Crippen molar-refractivity contribution < 1.29 is 14.3 Å². The van der Waals surface area contributed by atoms with Gasteiger partial charge in [-0.3, -0.25) is 9.59 Å². The summed E-state index contributed by atoms with van der Waals surface area (Å²) in [4.78, 5) is 30.3. The van der Waals surface area contributed by atoms with Gasteiger partial charge >= 0.3 is 0 Å². The molecule has 2 aromatic heterocycles. The molecule has 0 radical (unpaired) electrons. The number of hydrogen-bond acceptors (Lipinski definition) is 5. The van der Waals surface area contributed by atoms with Crippen LogP contribution in [0.3, 0.4) is 0 Å². The number of rotatable bonds is 5. The van der Waals surface area contributed by atoms with Crippen molar-refractivity contribution in [3.63, 3.8) is 0 Å². The van der Waals surface area contributed by atoms with Crippen molar-refractivity contribution in [1.82, 2.24) is 24.8 Å². The molecule has 1 N–H and O–H groups in total. The van der Waals surface area contributed by atoms with Crippen LogP contribution in [0.4, 0.5) is 0 Å². The number of imidazole rings is 1. The molecule has 30 heavy (non-hydrogen) atoms. The number of carbonyl (C=O) groups is 2. The minimum atomic E-state index is -0.313. The lowest BCUT2D eigenvalue weighted by molar-refractivity contribution is -0.133. The number of nitrogens with one attached hydrogen (secondary N) is 1. The fraction of sp³-hybridized carbons (Fsp3) is 0.364. The first kappa shape index (κ1) is 19.9. The van der Waals surface area contributed by atoms with Crippen molar-refractivity contribution in [1.29, 1.82) is 0 Å². The van der Waals surface area contributed by atoms with Gasteiger partial charge in [0.25, 0.3) is 0 Å². The summed E-state index contributed by atoms with van der Waals surface area (Å²) in [5, 5.41) is 7.03. The van der Waals surface area contributed by atoms with Crippen molar-refractivity contribution in [3.05, 3.63) is 59.9 Å². The standard InChI is InChI=1S/C22H25N5O3/c1-16(28)23-14-21(29)26-12-10-22(11-13-26,17-6-4-3-5-7-17)18-15-27-19(24-18)8-9-20(25-27)30-2/h3-9,15H,10-14H2,1-2H3,(H,23,28). The Labute approximate surface area is 174 Å². The van der Waals surface area contributed by atoms with Gasteiger partial charge in [0, 0.05) is 31.5 Å². The minimum Gasteiger partial charge on any atom is -0.480 e. The highest BCUT2D eigenvalue weighted by molar-refractivity contribution is 5.83. The van der Waals surface area contributed by atoms with Gasteiger partial charge in [-0.1, -0.05) is 30.3 Å². The van der Waals surface area contributed by atoms with Crippen LogP contribution in [0, 0.1) is 0 Å². The molecule has 156 valence electrons. The Balaban J connectivity index is 1.65. The summed E-state index contributed by atoms with van der Waals surface area (Å²) in [6.07, 6.45) is 3.44. The zero-order valence-corrected chi connectivity index (χ0v) is 17.2. The molecule has 1 saturated heterocycles. The monoisotopic (exact) mass is 407 g/mol. The van der Waals surface area contributed by atoms with Crippen molar-refractivity contribution in [3.8, 4) is 5.88 Å². The summed E-state index contributed by atoms with van der Waals surface area (Å²) in [7, 11) is 1.59. The summed E-state index contributed by atoms with van der Waals surface area (Å²) in [6, 6.07) is 14.0. The second-order valence-electron chi connectivity index (χ2n) is 7.54. The van der Waals surface area contributed by atoms with E-state index < -0.39 is 0 Å². The van der Waals surface area contributed by atoms with Gasteiger partial charge in [0.2, 0.25) is 17.7 Å². The highest BCUT2D eigenvalue weighted by atomic mass is 16.5. The van der Waals surface area contributed by atoms with E-state index in [1.165, 1.54) is 12.5 Å². The van der Waals surface area contributed by atoms with E-state index in [4.69, 9.17) is 9.72 Å². The average molecular weight is 407 g/mol. The Bertz CT molecular complexity index is 1060. The van der Waals surface area contributed by atoms with Crippen LogP contribution in [0.15, 0.2) is 48.7 Å². The first-order valence-corrected chi connectivity index (χ1v) is 10.0. The molecule has 0 unspecified atom stereocenters. The Hall–Kier alpha value is -3.42. The lowest BCUT2D eigenvalue weighted by Gasteiger charge is -2.41. The second kappa shape index (κ2) is 8.14. The molecule has 0 bridgehead atoms. The van der Waals surface area contributed by atoms with E-state index in [2.05, 4.69) is 22.5 Å². The highest BCUT2D eigenvalue weighted by Crippen LogP contribution is 2.41. The summed E-state index contributed by atoms with van der Waals surface area (Å²) >= 11 is 0. The molecular formula is C22H25N5O3. The average Bonchev–Trinajstić information content (AvgIpc) is 3.22. The smallest absolute Gasteiger partial charge is 0.241 e. The van der Waals surface area contributed by atoms with Crippen LogP contribution in [0.2, 0.25) is 0 Å². The van der Waals surface area contributed by atoms with Gasteiger partial charge in [0.15, 0.2) is 5.65 Å². The van der Waals surface area contributed by atoms with Crippen LogP contribution < -0.4 is 10.1 Å². The second-order valence-corrected chi connectivity index (χ2v) is 7.54. The normalized spacial score (nSPS) is 15.7. The number of fused-ring (bicyclic) bond motifs is 1. The quantitative estimate of drug-likeness (QED) is 0.697. The molecular weight excluding hydrogens is 382 g/mol. The molecule has 3 aromatic rings. The predicted octanol–water partition coefficient (Wildman–Crippen LogP) is 1.78. The molecule has 8 heteroatoms. The van der Waals surface area contributed by atoms with E-state index in [1.807, 2.05) is 35.4 Å². The zero-order chi connectivity index (χ0) is 21.1. The number of benzene rings is 1. The number of likely N-dealkylation sites (tertiary alicyclic amines) is 1. The number of methoxy groups -OCH3 is 1. The van der Waals surface area contributed by atoms with Crippen molar-refractivity contribution >= 4 is 17.5 Å². The molecule has 0 spiro atoms. The van der Waals surface area contributed by atoms with Crippen molar-refractivity contribution in [2.75, 3.05) is 26.7 Å². The molecule has 1 aromatic carbocycles. The molecule has 0 saturated carbocycles. The molecule has 1 aliphatic rings. The maximum absolute atomic E-state index is 12.5. The van der Waals surface area contributed by atoms with Gasteiger partial charge in [-0.25, -0.2) is 9.50 Å². The Kier molecular flexibility index (Phi) is 5.39. The van der Waals surface area contributed by atoms with Crippen molar-refractivity contribution in [2.24, 2.45) is 0 Å². The van der Waals surface area contributed by atoms with E-state index in [1.54, 1.807) is 17.7 Å². The lowest BCUT2D eigenvalue weighted by Crippen LogP contribution is -2.48. The first-order valence-electron chi connectivity index (χ1n) is 10.0. The summed E-state index contributed by atoms with van der Waals surface area (Å²) in [6.45, 7) is 2.64. The lowest BCUT2D eigenvalue weighted by atomic mass is 9.70. The van der Waals surface area contributed by atoms with Gasteiger partial charge in [-0.05, 0) is 24.5 Å². The number of amides is 2. The molecule has 8 nitrogen and oxygen atoms in total. The van der Waals surface area contributed by atoms with E-state index in [-0.39, 0.29) is 23.8 Å². The molecule has 0 atom stereocenters. The van der Waals surface area contributed by atoms with E-state index in [0.29, 0.717) is 19.0 Å². The maximum atomic E-state index is 12.5. The molecule has 2 amide bonds. The SMILES string of the molecule is COc1ccc2nc(C3(c4ccccc4)CCN(C(=O)CNC(C)=O)CC3)cn2n1. The fourth-order valence-corrected chi connectivity index (χ4v) is 4.10. The molecule has 4 rings (SSSR count). The molecule has 3 heterocycles. The Morgan fingerprint density at radius 1 is 1.13 bits per heavy atom. The fourth-order valence-electron chi connectivity index (χ4n) is 4.10. The number of nitrogens with zero attached hydrogens (tertiary/aromatic N) is 4. The van der Waals surface area contributed by atoms with Crippen LogP contribution >= 0.6 is 0 Å². The minimum absolute atomic E-state index is 0.0335. The topological polar surface area (TPSA) is 88.8 Å². The third-order valence-electron chi connectivity index (χ3n) is 5.78. The van der Waals surface area contributed by atoms with Crippen LogP contribution in [0.5, 0.6) is 5.88 Å². The van der Waals surface area contributed by atoms with E-state index >= 15 is 0 Å². The molecule has 0 aliphatic carbocycles. The maximum Gasteiger partial charge on any atom is 0.241 e. The molecule has 1 aliphatic heterocycles. The number of piperidine rings is 1. The van der Waals surface area contributed by atoms with Gasteiger partial charge in [0.05, 0.1) is 25.5 Å². The van der Waals surface area contributed by atoms with Gasteiger partial charge in [-0.2, -0.15) is 0 Å².